The van der Waals surface area contributed by atoms with Crippen molar-refractivity contribution in [1.82, 2.24) is 5.32 Å². The van der Waals surface area contributed by atoms with Crippen LogP contribution in [0.15, 0.2) is 24.3 Å². The van der Waals surface area contributed by atoms with Crippen molar-refractivity contribution in [3.8, 4) is 5.75 Å². The zero-order chi connectivity index (χ0) is 15.2. The van der Waals surface area contributed by atoms with Crippen LogP contribution in [0.2, 0.25) is 0 Å². The number of amides is 1. The molecule has 2 rings (SSSR count). The van der Waals surface area contributed by atoms with Crippen LogP contribution in [0.1, 0.15) is 44.2 Å². The number of ether oxygens (including phenoxy) is 1. The minimum Gasteiger partial charge on any atom is -0.488 e. The average molecular weight is 312 g/mol. The van der Waals surface area contributed by atoms with Gasteiger partial charge in [0.1, 0.15) is 17.7 Å². The predicted octanol–water partition coefficient (Wildman–Crippen LogP) is 2.78. The van der Waals surface area contributed by atoms with E-state index >= 15 is 0 Å². The third-order valence-electron chi connectivity index (χ3n) is 3.83. The van der Waals surface area contributed by atoms with Crippen molar-refractivity contribution in [1.29, 1.82) is 0 Å². The molecule has 1 amide bonds. The van der Waals surface area contributed by atoms with Crippen molar-refractivity contribution in [3.63, 3.8) is 0 Å². The number of alkyl halides is 1. The number of hydrogen-bond acceptors (Lipinski definition) is 3. The molecule has 21 heavy (non-hydrogen) atoms. The lowest BCUT2D eigenvalue weighted by Crippen LogP contribution is -2.34. The van der Waals surface area contributed by atoms with Crippen LogP contribution >= 0.6 is 11.6 Å². The third kappa shape index (κ3) is 4.61. The Hall–Kier alpha value is -1.26. The van der Waals surface area contributed by atoms with E-state index in [1.165, 1.54) is 0 Å². The highest BCUT2D eigenvalue weighted by atomic mass is 35.5. The number of carbonyl (C=O) groups is 1. The summed E-state index contributed by atoms with van der Waals surface area (Å²) in [7, 11) is 0. The molecule has 3 atom stereocenters. The van der Waals surface area contributed by atoms with Crippen LogP contribution in [0.3, 0.4) is 0 Å². The average Bonchev–Trinajstić information content (AvgIpc) is 2.50. The fourth-order valence-electron chi connectivity index (χ4n) is 2.59. The van der Waals surface area contributed by atoms with Gasteiger partial charge in [-0.25, -0.2) is 0 Å². The lowest BCUT2D eigenvalue weighted by atomic mass is 9.95. The highest BCUT2D eigenvalue weighted by molar-refractivity contribution is 6.27. The lowest BCUT2D eigenvalue weighted by Gasteiger charge is -2.28. The SMILES string of the molecule is CC(NC(=O)CCl)c1ccc(OC2CCCCC2O)cc1. The molecular weight excluding hydrogens is 290 g/mol. The van der Waals surface area contributed by atoms with Gasteiger partial charge < -0.3 is 15.2 Å². The van der Waals surface area contributed by atoms with Gasteiger partial charge in [0.2, 0.25) is 5.91 Å². The van der Waals surface area contributed by atoms with Gasteiger partial charge in [0.25, 0.3) is 0 Å². The normalized spacial score (nSPS) is 23.4. The van der Waals surface area contributed by atoms with E-state index in [1.54, 1.807) is 0 Å². The molecule has 0 spiro atoms. The molecule has 1 saturated carbocycles. The molecule has 1 aliphatic carbocycles. The van der Waals surface area contributed by atoms with Crippen LogP contribution in [0.5, 0.6) is 5.75 Å². The van der Waals surface area contributed by atoms with Gasteiger partial charge in [-0.3, -0.25) is 4.79 Å². The predicted molar refractivity (Wildman–Crippen MR) is 82.6 cm³/mol. The molecule has 0 aliphatic heterocycles. The van der Waals surface area contributed by atoms with Gasteiger partial charge in [-0.05, 0) is 43.9 Å². The number of rotatable bonds is 5. The largest absolute Gasteiger partial charge is 0.488 e. The molecule has 116 valence electrons. The van der Waals surface area contributed by atoms with E-state index in [9.17, 15) is 9.90 Å². The molecule has 1 aromatic carbocycles. The Morgan fingerprint density at radius 3 is 2.67 bits per heavy atom. The number of hydrogen-bond donors (Lipinski definition) is 2. The van der Waals surface area contributed by atoms with E-state index in [-0.39, 0.29) is 30.0 Å². The van der Waals surface area contributed by atoms with Gasteiger partial charge >= 0.3 is 0 Å². The zero-order valence-corrected chi connectivity index (χ0v) is 13.0. The summed E-state index contributed by atoms with van der Waals surface area (Å²) in [6, 6.07) is 7.50. The van der Waals surface area contributed by atoms with Gasteiger partial charge in [0.05, 0.1) is 12.1 Å². The fraction of sp³-hybridized carbons (Fsp3) is 0.562. The summed E-state index contributed by atoms with van der Waals surface area (Å²) in [5, 5.41) is 12.7. The first-order valence-corrected chi connectivity index (χ1v) is 7.93. The molecule has 3 unspecified atom stereocenters. The van der Waals surface area contributed by atoms with Crippen LogP contribution in [0.25, 0.3) is 0 Å². The van der Waals surface area contributed by atoms with E-state index in [0.717, 1.165) is 37.0 Å². The third-order valence-corrected chi connectivity index (χ3v) is 4.08. The monoisotopic (exact) mass is 311 g/mol. The van der Waals surface area contributed by atoms with Crippen LogP contribution in [-0.2, 0) is 4.79 Å². The van der Waals surface area contributed by atoms with Crippen molar-refractivity contribution < 1.29 is 14.6 Å². The second kappa shape index (κ2) is 7.66. The maximum absolute atomic E-state index is 11.3. The van der Waals surface area contributed by atoms with Gasteiger partial charge in [0, 0.05) is 0 Å². The van der Waals surface area contributed by atoms with Crippen molar-refractivity contribution in [2.45, 2.75) is 50.9 Å². The van der Waals surface area contributed by atoms with E-state index < -0.39 is 0 Å². The Morgan fingerprint density at radius 2 is 2.05 bits per heavy atom. The molecule has 1 aliphatic rings. The Morgan fingerprint density at radius 1 is 1.38 bits per heavy atom. The molecular formula is C16H22ClNO3. The Kier molecular flexibility index (Phi) is 5.88. The molecule has 0 aromatic heterocycles. The van der Waals surface area contributed by atoms with Crippen molar-refractivity contribution in [3.05, 3.63) is 29.8 Å². The van der Waals surface area contributed by atoms with Crippen molar-refractivity contribution >= 4 is 17.5 Å². The fourth-order valence-corrected chi connectivity index (χ4v) is 2.67. The van der Waals surface area contributed by atoms with Gasteiger partial charge in [-0.2, -0.15) is 0 Å². The summed E-state index contributed by atoms with van der Waals surface area (Å²) in [5.74, 6) is 0.529. The first kappa shape index (κ1) is 16.1. The number of aliphatic hydroxyl groups excluding tert-OH is 1. The van der Waals surface area contributed by atoms with E-state index in [1.807, 2.05) is 31.2 Å². The lowest BCUT2D eigenvalue weighted by molar-refractivity contribution is -0.119. The van der Waals surface area contributed by atoms with Crippen LogP contribution in [0, 0.1) is 0 Å². The topological polar surface area (TPSA) is 58.6 Å². The molecule has 0 radical (unpaired) electrons. The summed E-state index contributed by atoms with van der Waals surface area (Å²) in [4.78, 5) is 11.3. The van der Waals surface area contributed by atoms with Crippen molar-refractivity contribution in [2.75, 3.05) is 5.88 Å². The molecule has 0 bridgehead atoms. The maximum Gasteiger partial charge on any atom is 0.235 e. The van der Waals surface area contributed by atoms with Crippen LogP contribution < -0.4 is 10.1 Å². The quantitative estimate of drug-likeness (QED) is 0.822. The van der Waals surface area contributed by atoms with E-state index in [2.05, 4.69) is 5.32 Å². The summed E-state index contributed by atoms with van der Waals surface area (Å²) in [6.07, 6.45) is 3.38. The number of benzene rings is 1. The second-order valence-corrected chi connectivity index (χ2v) is 5.77. The molecule has 5 heteroatoms. The minimum absolute atomic E-state index is 0.0366. The van der Waals surface area contributed by atoms with E-state index in [4.69, 9.17) is 16.3 Å². The van der Waals surface area contributed by atoms with Gasteiger partial charge in [-0.1, -0.05) is 18.6 Å². The molecule has 1 aromatic rings. The van der Waals surface area contributed by atoms with Gasteiger partial charge in [-0.15, -0.1) is 11.6 Å². The molecule has 2 N–H and O–H groups in total. The summed E-state index contributed by atoms with van der Waals surface area (Å²) in [5.41, 5.74) is 0.991. The standard InChI is InChI=1S/C16H22ClNO3/c1-11(18-16(20)10-17)12-6-8-13(9-7-12)21-15-5-3-2-4-14(15)19/h6-9,11,14-15,19H,2-5,10H2,1H3,(H,18,20). The van der Waals surface area contributed by atoms with Crippen molar-refractivity contribution in [2.24, 2.45) is 0 Å². The molecule has 1 fully saturated rings. The number of aliphatic hydroxyl groups is 1. The summed E-state index contributed by atoms with van der Waals surface area (Å²) in [6.45, 7) is 1.91. The maximum atomic E-state index is 11.3. The number of carbonyl (C=O) groups excluding carboxylic acids is 1. The first-order valence-electron chi connectivity index (χ1n) is 7.40. The zero-order valence-electron chi connectivity index (χ0n) is 12.2. The Balaban J connectivity index is 1.93. The summed E-state index contributed by atoms with van der Waals surface area (Å²) < 4.78 is 5.85. The Bertz CT molecular complexity index is 463. The van der Waals surface area contributed by atoms with Crippen LogP contribution in [0.4, 0.5) is 0 Å². The second-order valence-electron chi connectivity index (χ2n) is 5.50. The smallest absolute Gasteiger partial charge is 0.235 e. The highest BCUT2D eigenvalue weighted by Gasteiger charge is 2.24. The number of nitrogens with one attached hydrogen (secondary N) is 1. The Labute approximate surface area is 130 Å². The highest BCUT2D eigenvalue weighted by Crippen LogP contribution is 2.25. The van der Waals surface area contributed by atoms with Crippen LogP contribution in [-0.4, -0.2) is 29.1 Å². The minimum atomic E-state index is -0.375. The molecule has 0 saturated heterocycles. The first-order chi connectivity index (χ1) is 10.1. The van der Waals surface area contributed by atoms with Gasteiger partial charge in [0.15, 0.2) is 0 Å². The molecule has 4 nitrogen and oxygen atoms in total. The molecule has 0 heterocycles. The summed E-state index contributed by atoms with van der Waals surface area (Å²) >= 11 is 5.48. The number of halogens is 1. The van der Waals surface area contributed by atoms with E-state index in [0.29, 0.717) is 0 Å².